The fraction of sp³-hybridized carbons (Fsp3) is 0.172. The number of amides is 3. The molecular weight excluding hydrogens is 534 g/mol. The number of aromatic nitrogens is 1. The number of benzene rings is 3. The summed E-state index contributed by atoms with van der Waals surface area (Å²) in [6, 6.07) is 25.2. The fourth-order valence-electron chi connectivity index (χ4n) is 5.21. The summed E-state index contributed by atoms with van der Waals surface area (Å²) in [5.74, 6) is -1.79. The van der Waals surface area contributed by atoms with Gasteiger partial charge in [0.15, 0.2) is 0 Å². The molecule has 3 atom stereocenters. The zero-order chi connectivity index (χ0) is 27.1. The van der Waals surface area contributed by atoms with Crippen LogP contribution in [-0.2, 0) is 20.9 Å². The molecule has 0 bridgehead atoms. The van der Waals surface area contributed by atoms with Crippen LogP contribution in [0.15, 0.2) is 94.7 Å². The third kappa shape index (κ3) is 4.35. The van der Waals surface area contributed by atoms with Crippen molar-refractivity contribution in [2.45, 2.75) is 22.7 Å². The standard InChI is InChI=1S/C29H23N3O5S2/c1-37-20-15-9-8-14-19(20)22-23-24(27(35)32(26(23)34)18-12-6-3-7-13-18)38-28-25(22)39-29(36)31(28)16-21(33)30-17-10-4-2-5-11-17/h2-15,22-24H,16H2,1H3,(H,30,33). The lowest BCUT2D eigenvalue weighted by atomic mass is 9.82. The van der Waals surface area contributed by atoms with E-state index in [0.29, 0.717) is 27.0 Å². The van der Waals surface area contributed by atoms with Gasteiger partial charge < -0.3 is 10.1 Å². The Morgan fingerprint density at radius 2 is 1.56 bits per heavy atom. The number of imide groups is 1. The van der Waals surface area contributed by atoms with E-state index in [0.717, 1.165) is 16.9 Å². The van der Waals surface area contributed by atoms with Crippen LogP contribution in [0.4, 0.5) is 11.4 Å². The van der Waals surface area contributed by atoms with Crippen molar-refractivity contribution in [1.82, 2.24) is 4.57 Å². The molecule has 10 heteroatoms. The van der Waals surface area contributed by atoms with Crippen LogP contribution in [-0.4, -0.2) is 34.6 Å². The number of thioether (sulfide) groups is 1. The van der Waals surface area contributed by atoms with Crippen LogP contribution in [0.5, 0.6) is 5.75 Å². The van der Waals surface area contributed by atoms with Gasteiger partial charge in [-0.3, -0.25) is 23.7 Å². The first-order valence-electron chi connectivity index (χ1n) is 12.3. The zero-order valence-corrected chi connectivity index (χ0v) is 22.4. The van der Waals surface area contributed by atoms with Crippen LogP contribution >= 0.6 is 23.1 Å². The highest BCUT2D eigenvalue weighted by Crippen LogP contribution is 2.55. The fourth-order valence-corrected chi connectivity index (χ4v) is 7.98. The number of fused-ring (bicyclic) bond motifs is 2. The van der Waals surface area contributed by atoms with Gasteiger partial charge in [-0.2, -0.15) is 0 Å². The average Bonchev–Trinajstić information content (AvgIpc) is 3.40. The van der Waals surface area contributed by atoms with Crippen molar-refractivity contribution in [3.05, 3.63) is 105 Å². The number of para-hydroxylation sites is 3. The van der Waals surface area contributed by atoms with Crippen molar-refractivity contribution in [3.63, 3.8) is 0 Å². The molecule has 1 fully saturated rings. The zero-order valence-electron chi connectivity index (χ0n) is 20.8. The Kier molecular flexibility index (Phi) is 6.58. The number of methoxy groups -OCH3 is 1. The summed E-state index contributed by atoms with van der Waals surface area (Å²) in [4.78, 5) is 55.5. The van der Waals surface area contributed by atoms with Gasteiger partial charge in [0.1, 0.15) is 17.5 Å². The van der Waals surface area contributed by atoms with Gasteiger partial charge in [-0.25, -0.2) is 4.90 Å². The van der Waals surface area contributed by atoms with Crippen molar-refractivity contribution in [2.75, 3.05) is 17.3 Å². The van der Waals surface area contributed by atoms with E-state index in [4.69, 9.17) is 4.74 Å². The molecule has 3 unspecified atom stereocenters. The molecule has 2 aliphatic rings. The summed E-state index contributed by atoms with van der Waals surface area (Å²) in [6.07, 6.45) is 0. The second-order valence-electron chi connectivity index (χ2n) is 9.17. The average molecular weight is 558 g/mol. The highest BCUT2D eigenvalue weighted by molar-refractivity contribution is 8.00. The predicted molar refractivity (Wildman–Crippen MR) is 151 cm³/mol. The van der Waals surface area contributed by atoms with Gasteiger partial charge in [0.05, 0.1) is 23.7 Å². The molecule has 2 aliphatic heterocycles. The lowest BCUT2D eigenvalue weighted by Crippen LogP contribution is -2.33. The van der Waals surface area contributed by atoms with E-state index in [2.05, 4.69) is 5.32 Å². The monoisotopic (exact) mass is 557 g/mol. The van der Waals surface area contributed by atoms with Gasteiger partial charge in [0, 0.05) is 22.0 Å². The molecule has 1 N–H and O–H groups in total. The summed E-state index contributed by atoms with van der Waals surface area (Å²) < 4.78 is 7.05. The maximum atomic E-state index is 13.9. The minimum atomic E-state index is -0.766. The number of hydrogen-bond donors (Lipinski definition) is 1. The first-order valence-corrected chi connectivity index (χ1v) is 14.0. The summed E-state index contributed by atoms with van der Waals surface area (Å²) in [5, 5.41) is 2.58. The van der Waals surface area contributed by atoms with Crippen molar-refractivity contribution in [2.24, 2.45) is 5.92 Å². The molecule has 0 spiro atoms. The topological polar surface area (TPSA) is 97.7 Å². The molecule has 1 aromatic heterocycles. The second kappa shape index (κ2) is 10.2. The Morgan fingerprint density at radius 3 is 2.28 bits per heavy atom. The molecular formula is C29H23N3O5S2. The summed E-state index contributed by atoms with van der Waals surface area (Å²) >= 11 is 2.19. The van der Waals surface area contributed by atoms with E-state index < -0.39 is 17.1 Å². The molecule has 4 aromatic rings. The van der Waals surface area contributed by atoms with Gasteiger partial charge in [0.25, 0.3) is 0 Å². The van der Waals surface area contributed by atoms with Crippen LogP contribution < -0.4 is 19.8 Å². The molecule has 3 aromatic carbocycles. The van der Waals surface area contributed by atoms with Crippen LogP contribution in [0.2, 0.25) is 0 Å². The maximum Gasteiger partial charge on any atom is 0.308 e. The lowest BCUT2D eigenvalue weighted by molar-refractivity contribution is -0.122. The number of hydrogen-bond acceptors (Lipinski definition) is 7. The van der Waals surface area contributed by atoms with Crippen molar-refractivity contribution < 1.29 is 19.1 Å². The smallest absolute Gasteiger partial charge is 0.308 e. The number of nitrogens with one attached hydrogen (secondary N) is 1. The molecule has 0 saturated carbocycles. The molecule has 1 saturated heterocycles. The summed E-state index contributed by atoms with van der Waals surface area (Å²) in [5.41, 5.74) is 1.84. The van der Waals surface area contributed by atoms with Crippen LogP contribution in [0, 0.1) is 5.92 Å². The van der Waals surface area contributed by atoms with Gasteiger partial charge in [0.2, 0.25) is 17.7 Å². The van der Waals surface area contributed by atoms with Gasteiger partial charge in [-0.15, -0.1) is 0 Å². The number of ether oxygens (including phenoxy) is 1. The van der Waals surface area contributed by atoms with Gasteiger partial charge in [-0.05, 0) is 30.3 Å². The molecule has 6 rings (SSSR count). The predicted octanol–water partition coefficient (Wildman–Crippen LogP) is 4.35. The molecule has 0 radical (unpaired) electrons. The quantitative estimate of drug-likeness (QED) is 0.354. The Morgan fingerprint density at radius 1 is 0.897 bits per heavy atom. The van der Waals surface area contributed by atoms with E-state index in [1.165, 1.54) is 21.2 Å². The Hall–Kier alpha value is -4.15. The lowest BCUT2D eigenvalue weighted by Gasteiger charge is -2.31. The first kappa shape index (κ1) is 25.1. The van der Waals surface area contributed by atoms with Gasteiger partial charge >= 0.3 is 4.87 Å². The second-order valence-corrected chi connectivity index (χ2v) is 11.3. The molecule has 196 valence electrons. The minimum absolute atomic E-state index is 0.215. The number of carbonyl (C=O) groups is 3. The van der Waals surface area contributed by atoms with Crippen molar-refractivity contribution in [1.29, 1.82) is 0 Å². The number of thiazole rings is 1. The van der Waals surface area contributed by atoms with Crippen LogP contribution in [0.3, 0.4) is 0 Å². The van der Waals surface area contributed by atoms with E-state index in [-0.39, 0.29) is 29.1 Å². The van der Waals surface area contributed by atoms with Crippen molar-refractivity contribution in [3.8, 4) is 5.75 Å². The van der Waals surface area contributed by atoms with Crippen molar-refractivity contribution >= 4 is 52.2 Å². The number of nitrogens with zero attached hydrogens (tertiary/aromatic N) is 2. The van der Waals surface area contributed by atoms with E-state index in [9.17, 15) is 19.2 Å². The molecule has 3 heterocycles. The molecule has 39 heavy (non-hydrogen) atoms. The SMILES string of the molecule is COc1ccccc1C1c2sc(=O)n(CC(=O)Nc3ccccc3)c2SC2C(=O)N(c3ccccc3)C(=O)C21. The van der Waals surface area contributed by atoms with Crippen LogP contribution in [0.25, 0.3) is 0 Å². The first-order chi connectivity index (χ1) is 19.0. The molecule has 3 amide bonds. The van der Waals surface area contributed by atoms with Gasteiger partial charge in [-0.1, -0.05) is 77.7 Å². The minimum Gasteiger partial charge on any atom is -0.496 e. The Labute approximate surface area is 232 Å². The highest BCUT2D eigenvalue weighted by Gasteiger charge is 2.57. The Bertz CT molecular complexity index is 1630. The van der Waals surface area contributed by atoms with Crippen LogP contribution in [0.1, 0.15) is 16.4 Å². The van der Waals surface area contributed by atoms with E-state index in [1.54, 1.807) is 49.6 Å². The highest BCUT2D eigenvalue weighted by atomic mass is 32.2. The number of rotatable bonds is 6. The Balaban J connectivity index is 1.45. The van der Waals surface area contributed by atoms with E-state index >= 15 is 0 Å². The third-order valence-electron chi connectivity index (χ3n) is 6.90. The third-order valence-corrected chi connectivity index (χ3v) is 9.50. The summed E-state index contributed by atoms with van der Waals surface area (Å²) in [7, 11) is 1.55. The number of carbonyl (C=O) groups excluding carboxylic acids is 3. The maximum absolute atomic E-state index is 13.9. The van der Waals surface area contributed by atoms with E-state index in [1.807, 2.05) is 42.5 Å². The normalized spacial score (nSPS) is 19.9. The molecule has 0 aliphatic carbocycles. The molecule has 8 nitrogen and oxygen atoms in total. The summed E-state index contributed by atoms with van der Waals surface area (Å²) in [6.45, 7) is -0.215. The largest absolute Gasteiger partial charge is 0.496 e. The number of anilines is 2.